The largest absolute Gasteiger partial charge is 0.123 e. The summed E-state index contributed by atoms with van der Waals surface area (Å²) in [6.45, 7) is 0. The number of hydrogen-bond donors (Lipinski definition) is 0. The van der Waals surface area contributed by atoms with Gasteiger partial charge in [0.15, 0.2) is 0 Å². The summed E-state index contributed by atoms with van der Waals surface area (Å²) in [4.78, 5) is 0. The Morgan fingerprint density at radius 3 is 2.85 bits per heavy atom. The number of alkyl halides is 1. The molecule has 4 heteroatoms. The van der Waals surface area contributed by atoms with Gasteiger partial charge in [-0.25, -0.2) is 0 Å². The molecule has 0 amide bonds. The fourth-order valence-electron chi connectivity index (χ4n) is 1.22. The van der Waals surface area contributed by atoms with Crippen LogP contribution in [0.15, 0.2) is 22.7 Å². The average Bonchev–Trinajstić information content (AvgIpc) is 2.40. The van der Waals surface area contributed by atoms with Crippen molar-refractivity contribution in [2.45, 2.75) is 5.33 Å². The zero-order valence-corrected chi connectivity index (χ0v) is 11.2. The number of rotatable bonds is 1. The Kier molecular flexibility index (Phi) is 2.98. The Hall–Kier alpha value is 0.430. The predicted octanol–water partition coefficient (Wildman–Crippen LogP) is 5.21. The molecule has 0 aliphatic heterocycles. The quantitative estimate of drug-likeness (QED) is 0.625. The molecule has 13 heavy (non-hydrogen) atoms. The molecule has 0 spiro atoms. The molecule has 0 saturated heterocycles. The fraction of sp³-hybridized carbons (Fsp3) is 0.111. The summed E-state index contributed by atoms with van der Waals surface area (Å²) in [5, 5.41) is 2.05. The number of benzene rings is 1. The summed E-state index contributed by atoms with van der Waals surface area (Å²) < 4.78 is 3.21. The van der Waals surface area contributed by atoms with E-state index in [1.807, 2.05) is 6.07 Å². The van der Waals surface area contributed by atoms with E-state index in [0.717, 1.165) is 14.1 Å². The van der Waals surface area contributed by atoms with Crippen LogP contribution in [0.5, 0.6) is 0 Å². The lowest BCUT2D eigenvalue weighted by Crippen LogP contribution is -1.73. The third-order valence-corrected chi connectivity index (χ3v) is 4.35. The highest BCUT2D eigenvalue weighted by molar-refractivity contribution is 9.10. The van der Waals surface area contributed by atoms with Crippen LogP contribution in [0, 0.1) is 0 Å². The SMILES string of the molecule is Clc1sc2ccc(Br)cc2c1CBr. The van der Waals surface area contributed by atoms with E-state index in [1.165, 1.54) is 15.6 Å². The predicted molar refractivity (Wildman–Crippen MR) is 67.2 cm³/mol. The summed E-state index contributed by atoms with van der Waals surface area (Å²) in [5.74, 6) is 0. The van der Waals surface area contributed by atoms with Gasteiger partial charge in [0.1, 0.15) is 0 Å². The first kappa shape index (κ1) is 9.97. The van der Waals surface area contributed by atoms with Crippen LogP contribution in [0.25, 0.3) is 10.1 Å². The lowest BCUT2D eigenvalue weighted by molar-refractivity contribution is 1.54. The third kappa shape index (κ3) is 1.80. The minimum Gasteiger partial charge on any atom is -0.123 e. The maximum Gasteiger partial charge on any atom is 0.0981 e. The Balaban J connectivity index is 2.80. The van der Waals surface area contributed by atoms with Crippen molar-refractivity contribution in [2.75, 3.05) is 0 Å². The van der Waals surface area contributed by atoms with Crippen molar-refractivity contribution in [3.05, 3.63) is 32.6 Å². The van der Waals surface area contributed by atoms with Crippen LogP contribution in [0.4, 0.5) is 0 Å². The van der Waals surface area contributed by atoms with Gasteiger partial charge in [0.2, 0.25) is 0 Å². The molecule has 1 aromatic heterocycles. The van der Waals surface area contributed by atoms with E-state index in [2.05, 4.69) is 44.0 Å². The first-order valence-corrected chi connectivity index (χ1v) is 6.75. The van der Waals surface area contributed by atoms with Crippen LogP contribution >= 0.6 is 54.8 Å². The fourth-order valence-corrected chi connectivity index (χ4v) is 3.85. The molecule has 0 bridgehead atoms. The molecule has 0 atom stereocenters. The minimum absolute atomic E-state index is 0.808. The average molecular weight is 340 g/mol. The zero-order chi connectivity index (χ0) is 9.42. The molecule has 68 valence electrons. The number of thiophene rings is 1. The second-order valence-electron chi connectivity index (χ2n) is 2.63. The van der Waals surface area contributed by atoms with E-state index in [9.17, 15) is 0 Å². The van der Waals surface area contributed by atoms with Gasteiger partial charge in [-0.3, -0.25) is 0 Å². The van der Waals surface area contributed by atoms with E-state index in [4.69, 9.17) is 11.6 Å². The maximum absolute atomic E-state index is 6.09. The van der Waals surface area contributed by atoms with Crippen LogP contribution in [0.2, 0.25) is 4.34 Å². The highest BCUT2D eigenvalue weighted by Crippen LogP contribution is 2.37. The van der Waals surface area contributed by atoms with E-state index >= 15 is 0 Å². The van der Waals surface area contributed by atoms with Gasteiger partial charge < -0.3 is 0 Å². The molecule has 0 N–H and O–H groups in total. The van der Waals surface area contributed by atoms with Crippen molar-refractivity contribution in [3.8, 4) is 0 Å². The summed E-state index contributed by atoms with van der Waals surface area (Å²) >= 11 is 14.6. The number of halogens is 3. The third-order valence-electron chi connectivity index (χ3n) is 1.84. The smallest absolute Gasteiger partial charge is 0.0981 e. The molecular formula is C9H5Br2ClS. The molecule has 0 fully saturated rings. The lowest BCUT2D eigenvalue weighted by Gasteiger charge is -1.94. The molecule has 0 aliphatic rings. The van der Waals surface area contributed by atoms with Crippen LogP contribution < -0.4 is 0 Å². The Bertz CT molecular complexity index is 450. The van der Waals surface area contributed by atoms with Crippen LogP contribution in [-0.2, 0) is 5.33 Å². The van der Waals surface area contributed by atoms with Gasteiger partial charge in [0.25, 0.3) is 0 Å². The van der Waals surface area contributed by atoms with E-state index in [-0.39, 0.29) is 0 Å². The molecule has 1 heterocycles. The topological polar surface area (TPSA) is 0 Å². The first-order chi connectivity index (χ1) is 6.22. The second kappa shape index (κ2) is 3.89. The first-order valence-electron chi connectivity index (χ1n) is 3.65. The van der Waals surface area contributed by atoms with E-state index in [1.54, 1.807) is 11.3 Å². The number of fused-ring (bicyclic) bond motifs is 1. The van der Waals surface area contributed by atoms with Gasteiger partial charge >= 0.3 is 0 Å². The van der Waals surface area contributed by atoms with Crippen molar-refractivity contribution >= 4 is 64.9 Å². The molecule has 2 aromatic rings. The summed E-state index contributed by atoms with van der Waals surface area (Å²) in [7, 11) is 0. The maximum atomic E-state index is 6.09. The molecule has 0 radical (unpaired) electrons. The second-order valence-corrected chi connectivity index (χ2v) is 5.76. The molecule has 0 saturated carbocycles. The monoisotopic (exact) mass is 338 g/mol. The highest BCUT2D eigenvalue weighted by Gasteiger charge is 2.08. The van der Waals surface area contributed by atoms with Gasteiger partial charge in [-0.2, -0.15) is 0 Å². The molecule has 0 nitrogen and oxygen atoms in total. The molecule has 1 aromatic carbocycles. The molecule has 2 rings (SSSR count). The minimum atomic E-state index is 0.808. The van der Waals surface area contributed by atoms with Crippen LogP contribution in [0.1, 0.15) is 5.56 Å². The van der Waals surface area contributed by atoms with Gasteiger partial charge in [0.05, 0.1) is 4.34 Å². The van der Waals surface area contributed by atoms with Gasteiger partial charge in [-0.15, -0.1) is 11.3 Å². The number of hydrogen-bond acceptors (Lipinski definition) is 1. The highest BCUT2D eigenvalue weighted by atomic mass is 79.9. The van der Waals surface area contributed by atoms with E-state index in [0.29, 0.717) is 0 Å². The van der Waals surface area contributed by atoms with Crippen molar-refractivity contribution in [1.29, 1.82) is 0 Å². The summed E-state index contributed by atoms with van der Waals surface area (Å²) in [6.07, 6.45) is 0. The van der Waals surface area contributed by atoms with Crippen molar-refractivity contribution < 1.29 is 0 Å². The summed E-state index contributed by atoms with van der Waals surface area (Å²) in [5.41, 5.74) is 1.18. The van der Waals surface area contributed by atoms with Crippen LogP contribution in [-0.4, -0.2) is 0 Å². The van der Waals surface area contributed by atoms with Crippen molar-refractivity contribution in [3.63, 3.8) is 0 Å². The zero-order valence-electron chi connectivity index (χ0n) is 6.48. The standard InChI is InChI=1S/C9H5Br2ClS/c10-4-7-6-3-5(11)1-2-8(6)13-9(7)12/h1-3H,4H2. The Labute approximate surface area is 102 Å². The van der Waals surface area contributed by atoms with Crippen molar-refractivity contribution in [1.82, 2.24) is 0 Å². The molecule has 0 unspecified atom stereocenters. The van der Waals surface area contributed by atoms with Gasteiger partial charge in [-0.1, -0.05) is 43.5 Å². The molecular weight excluding hydrogens is 335 g/mol. The van der Waals surface area contributed by atoms with Crippen molar-refractivity contribution in [2.24, 2.45) is 0 Å². The van der Waals surface area contributed by atoms with Gasteiger partial charge in [0, 0.05) is 20.1 Å². The van der Waals surface area contributed by atoms with Crippen LogP contribution in [0.3, 0.4) is 0 Å². The lowest BCUT2D eigenvalue weighted by atomic mass is 10.2. The van der Waals surface area contributed by atoms with Gasteiger partial charge in [-0.05, 0) is 23.6 Å². The normalized spacial score (nSPS) is 11.0. The Morgan fingerprint density at radius 2 is 2.15 bits per heavy atom. The molecule has 0 aliphatic carbocycles. The summed E-state index contributed by atoms with van der Waals surface area (Å²) in [6, 6.07) is 6.23. The Morgan fingerprint density at radius 1 is 1.38 bits per heavy atom. The van der Waals surface area contributed by atoms with E-state index < -0.39 is 0 Å².